The third-order valence-corrected chi connectivity index (χ3v) is 11.7. The zero-order valence-electron chi connectivity index (χ0n) is 30.7. The molecule has 8 aromatic rings. The highest BCUT2D eigenvalue weighted by molar-refractivity contribution is 5.95. The van der Waals surface area contributed by atoms with Gasteiger partial charge in [0.1, 0.15) is 11.5 Å². The van der Waals surface area contributed by atoms with Crippen LogP contribution in [0, 0.1) is 0 Å². The van der Waals surface area contributed by atoms with Gasteiger partial charge in [0.05, 0.1) is 16.8 Å². The molecule has 0 radical (unpaired) electrons. The lowest BCUT2D eigenvalue weighted by Crippen LogP contribution is -2.33. The Morgan fingerprint density at radius 2 is 1.04 bits per heavy atom. The van der Waals surface area contributed by atoms with Gasteiger partial charge in [0, 0.05) is 33.4 Å². The average molecular weight is 717 g/mol. The second-order valence-corrected chi connectivity index (χ2v) is 14.7. The number of aromatic nitrogens is 2. The first kappa shape index (κ1) is 32.3. The van der Waals surface area contributed by atoms with Crippen LogP contribution in [-0.4, -0.2) is 9.97 Å². The van der Waals surface area contributed by atoms with Crippen LogP contribution < -0.4 is 4.74 Å². The Morgan fingerprint density at radius 3 is 1.84 bits per heavy atom. The second kappa shape index (κ2) is 13.0. The Balaban J connectivity index is 1.11. The zero-order chi connectivity index (χ0) is 37.1. The standard InChI is InChI=1S/C53H36N2O/c1-3-16-35(17-4-1)36-30-32-37(33-31-36)48-34-49(55-52(54-48)38-18-5-2-6-19-38)42-23-8-7-20-39(42)43-24-15-28-47-51(43)56-50-29-14-13-27-46(50)53(47)44-25-11-9-21-40(44)41-22-10-12-26-45(41)53/h1-11,13-25,27-34H,12,26H2. The smallest absolute Gasteiger partial charge is 0.160 e. The van der Waals surface area contributed by atoms with Crippen LogP contribution in [0.15, 0.2) is 200 Å². The molecule has 1 unspecified atom stereocenters. The lowest BCUT2D eigenvalue weighted by molar-refractivity contribution is 0.433. The van der Waals surface area contributed by atoms with Crippen LogP contribution in [-0.2, 0) is 5.41 Å². The molecule has 3 heteroatoms. The molecule has 0 saturated carbocycles. The molecule has 264 valence electrons. The van der Waals surface area contributed by atoms with Crippen molar-refractivity contribution in [3.05, 3.63) is 222 Å². The normalized spacial score (nSPS) is 16.1. The highest BCUT2D eigenvalue weighted by atomic mass is 16.5. The fourth-order valence-corrected chi connectivity index (χ4v) is 9.26. The number of rotatable bonds is 5. The maximum atomic E-state index is 7.10. The summed E-state index contributed by atoms with van der Waals surface area (Å²) in [4.78, 5) is 10.4. The SMILES string of the molecule is C1=CC2=C(CC1)C1(c3ccccc3Oc3c(-c4ccccc4-c4cc(-c5ccc(-c6ccccc6)cc5)nc(-c5ccccc5)n4)cccc31)c1ccccc12. The van der Waals surface area contributed by atoms with Crippen molar-refractivity contribution in [2.24, 2.45) is 0 Å². The largest absolute Gasteiger partial charge is 0.456 e. The van der Waals surface area contributed by atoms with Gasteiger partial charge in [-0.2, -0.15) is 0 Å². The molecule has 0 fully saturated rings. The first-order valence-corrected chi connectivity index (χ1v) is 19.4. The highest BCUT2D eigenvalue weighted by Gasteiger charge is 2.52. The summed E-state index contributed by atoms with van der Waals surface area (Å²) in [6.07, 6.45) is 6.68. The minimum absolute atomic E-state index is 0.458. The van der Waals surface area contributed by atoms with E-state index in [4.69, 9.17) is 14.7 Å². The van der Waals surface area contributed by atoms with Crippen molar-refractivity contribution in [3.8, 4) is 67.7 Å². The predicted octanol–water partition coefficient (Wildman–Crippen LogP) is 13.4. The minimum atomic E-state index is -0.458. The van der Waals surface area contributed by atoms with Crippen molar-refractivity contribution in [2.75, 3.05) is 0 Å². The quantitative estimate of drug-likeness (QED) is 0.178. The van der Waals surface area contributed by atoms with E-state index >= 15 is 0 Å². The third kappa shape index (κ3) is 4.98. The number of fused-ring (bicyclic) bond motifs is 8. The van der Waals surface area contributed by atoms with E-state index in [1.807, 2.05) is 24.3 Å². The van der Waals surface area contributed by atoms with E-state index in [1.54, 1.807) is 0 Å². The van der Waals surface area contributed by atoms with Crippen LogP contribution in [0.5, 0.6) is 11.5 Å². The lowest BCUT2D eigenvalue weighted by Gasteiger charge is -2.41. The molecule has 7 aromatic carbocycles. The molecule has 3 nitrogen and oxygen atoms in total. The topological polar surface area (TPSA) is 35.0 Å². The van der Waals surface area contributed by atoms with Crippen LogP contribution in [0.3, 0.4) is 0 Å². The zero-order valence-corrected chi connectivity index (χ0v) is 30.7. The van der Waals surface area contributed by atoms with Crippen LogP contribution in [0.1, 0.15) is 35.1 Å². The summed E-state index contributed by atoms with van der Waals surface area (Å²) < 4.78 is 7.10. The van der Waals surface area contributed by atoms with Crippen molar-refractivity contribution in [3.63, 3.8) is 0 Å². The summed E-state index contributed by atoms with van der Waals surface area (Å²) in [6.45, 7) is 0. The number of ether oxygens (including phenoxy) is 1. The fourth-order valence-electron chi connectivity index (χ4n) is 9.26. The van der Waals surface area contributed by atoms with E-state index in [9.17, 15) is 0 Å². The molecule has 0 saturated heterocycles. The van der Waals surface area contributed by atoms with Crippen molar-refractivity contribution >= 4 is 5.57 Å². The van der Waals surface area contributed by atoms with Crippen molar-refractivity contribution in [1.29, 1.82) is 0 Å². The molecule has 0 N–H and O–H groups in total. The highest BCUT2D eigenvalue weighted by Crippen LogP contribution is 2.64. The first-order valence-electron chi connectivity index (χ1n) is 19.4. The van der Waals surface area contributed by atoms with Gasteiger partial charge in [0.15, 0.2) is 5.82 Å². The van der Waals surface area contributed by atoms with Gasteiger partial charge in [0.25, 0.3) is 0 Å². The van der Waals surface area contributed by atoms with E-state index in [-0.39, 0.29) is 0 Å². The fraction of sp³-hybridized carbons (Fsp3) is 0.0566. The average Bonchev–Trinajstić information content (AvgIpc) is 3.57. The molecule has 2 heterocycles. The summed E-state index contributed by atoms with van der Waals surface area (Å²) in [5, 5.41) is 0. The van der Waals surface area contributed by atoms with Crippen molar-refractivity contribution in [1.82, 2.24) is 9.97 Å². The molecule has 56 heavy (non-hydrogen) atoms. The van der Waals surface area contributed by atoms with Gasteiger partial charge in [-0.05, 0) is 63.9 Å². The van der Waals surface area contributed by atoms with Crippen LogP contribution in [0.25, 0.3) is 61.7 Å². The monoisotopic (exact) mass is 716 g/mol. The Hall–Kier alpha value is -7.10. The molecule has 0 amide bonds. The molecular formula is C53H36N2O. The number of allylic oxidation sites excluding steroid dienone is 4. The van der Waals surface area contributed by atoms with Crippen LogP contribution in [0.2, 0.25) is 0 Å². The van der Waals surface area contributed by atoms with E-state index in [2.05, 4.69) is 170 Å². The molecule has 1 aliphatic heterocycles. The number of nitrogens with zero attached hydrogens (tertiary/aromatic N) is 2. The van der Waals surface area contributed by atoms with E-state index < -0.39 is 5.41 Å². The van der Waals surface area contributed by atoms with Crippen molar-refractivity contribution in [2.45, 2.75) is 18.3 Å². The summed E-state index contributed by atoms with van der Waals surface area (Å²) >= 11 is 0. The summed E-state index contributed by atoms with van der Waals surface area (Å²) in [6, 6.07) is 64.5. The van der Waals surface area contributed by atoms with Gasteiger partial charge in [-0.1, -0.05) is 182 Å². The molecule has 3 aliphatic rings. The first-order chi connectivity index (χ1) is 27.8. The molecule has 2 aliphatic carbocycles. The Bertz CT molecular complexity index is 2870. The Kier molecular flexibility index (Phi) is 7.53. The number of hydrogen-bond donors (Lipinski definition) is 0. The molecule has 0 bridgehead atoms. The van der Waals surface area contributed by atoms with Gasteiger partial charge < -0.3 is 4.74 Å². The molecule has 1 aromatic heterocycles. The minimum Gasteiger partial charge on any atom is -0.456 e. The van der Waals surface area contributed by atoms with Gasteiger partial charge >= 0.3 is 0 Å². The maximum absolute atomic E-state index is 7.10. The second-order valence-electron chi connectivity index (χ2n) is 14.7. The van der Waals surface area contributed by atoms with E-state index in [0.717, 1.165) is 63.5 Å². The number of benzene rings is 7. The van der Waals surface area contributed by atoms with E-state index in [0.29, 0.717) is 5.82 Å². The van der Waals surface area contributed by atoms with Gasteiger partial charge in [-0.15, -0.1) is 0 Å². The third-order valence-electron chi connectivity index (χ3n) is 11.7. The van der Waals surface area contributed by atoms with Gasteiger partial charge in [0.2, 0.25) is 0 Å². The molecule has 11 rings (SSSR count). The summed E-state index contributed by atoms with van der Waals surface area (Å²) in [7, 11) is 0. The van der Waals surface area contributed by atoms with E-state index in [1.165, 1.54) is 44.5 Å². The summed E-state index contributed by atoms with van der Waals surface area (Å²) in [5.74, 6) is 2.48. The molecule has 1 spiro atoms. The van der Waals surface area contributed by atoms with Gasteiger partial charge in [-0.25, -0.2) is 9.97 Å². The number of hydrogen-bond acceptors (Lipinski definition) is 3. The maximum Gasteiger partial charge on any atom is 0.160 e. The van der Waals surface area contributed by atoms with Crippen LogP contribution in [0.4, 0.5) is 0 Å². The lowest BCUT2D eigenvalue weighted by atomic mass is 9.63. The predicted molar refractivity (Wildman–Crippen MR) is 227 cm³/mol. The molecule has 1 atom stereocenters. The van der Waals surface area contributed by atoms with Crippen molar-refractivity contribution < 1.29 is 4.74 Å². The Morgan fingerprint density at radius 1 is 0.446 bits per heavy atom. The Labute approximate surface area is 327 Å². The summed E-state index contributed by atoms with van der Waals surface area (Å²) in [5.41, 5.74) is 16.6. The van der Waals surface area contributed by atoms with Crippen LogP contribution >= 0.6 is 0 Å². The number of para-hydroxylation sites is 2. The molecular weight excluding hydrogens is 681 g/mol. The van der Waals surface area contributed by atoms with Gasteiger partial charge in [-0.3, -0.25) is 0 Å².